The zero-order valence-corrected chi connectivity index (χ0v) is 12.4. The summed E-state index contributed by atoms with van der Waals surface area (Å²) in [5.41, 5.74) is 1.29. The molecule has 20 heavy (non-hydrogen) atoms. The first-order valence-corrected chi connectivity index (χ1v) is 7.36. The molecule has 0 aliphatic carbocycles. The van der Waals surface area contributed by atoms with E-state index < -0.39 is 0 Å². The van der Waals surface area contributed by atoms with Gasteiger partial charge in [0.1, 0.15) is 5.75 Å². The molecule has 1 unspecified atom stereocenters. The highest BCUT2D eigenvalue weighted by atomic mass is 16.5. The van der Waals surface area contributed by atoms with Gasteiger partial charge in [0.05, 0.1) is 7.11 Å². The lowest BCUT2D eigenvalue weighted by molar-refractivity contribution is -0.121. The van der Waals surface area contributed by atoms with Crippen LogP contribution < -0.4 is 10.1 Å². The Balaban J connectivity index is 1.87. The van der Waals surface area contributed by atoms with E-state index in [0.717, 1.165) is 31.8 Å². The van der Waals surface area contributed by atoms with Gasteiger partial charge in [-0.25, -0.2) is 0 Å². The van der Waals surface area contributed by atoms with Gasteiger partial charge < -0.3 is 15.0 Å². The summed E-state index contributed by atoms with van der Waals surface area (Å²) in [6.07, 6.45) is 1.72. The number of benzene rings is 1. The second kappa shape index (κ2) is 7.29. The van der Waals surface area contributed by atoms with Crippen LogP contribution in [0.4, 0.5) is 0 Å². The van der Waals surface area contributed by atoms with Crippen LogP contribution in [0.15, 0.2) is 24.3 Å². The highest BCUT2D eigenvalue weighted by Gasteiger charge is 2.25. The van der Waals surface area contributed by atoms with E-state index in [2.05, 4.69) is 22.3 Å². The molecule has 1 fully saturated rings. The van der Waals surface area contributed by atoms with E-state index in [1.165, 1.54) is 5.56 Å². The molecule has 1 aliphatic heterocycles. The molecule has 1 atom stereocenters. The summed E-state index contributed by atoms with van der Waals surface area (Å²) in [5.74, 6) is 1.64. The summed E-state index contributed by atoms with van der Waals surface area (Å²) < 4.78 is 5.44. The SMILES string of the molecule is CCNC(=O)CCN1CCC(c2ccccc2OC)C1. The van der Waals surface area contributed by atoms with Crippen molar-refractivity contribution in [1.29, 1.82) is 0 Å². The first kappa shape index (κ1) is 14.9. The number of rotatable bonds is 6. The van der Waals surface area contributed by atoms with Crippen LogP contribution in [0.3, 0.4) is 0 Å². The zero-order valence-electron chi connectivity index (χ0n) is 12.4. The van der Waals surface area contributed by atoms with Crippen LogP contribution in [0, 0.1) is 0 Å². The van der Waals surface area contributed by atoms with Crippen molar-refractivity contribution in [3.8, 4) is 5.75 Å². The van der Waals surface area contributed by atoms with E-state index >= 15 is 0 Å². The predicted molar refractivity (Wildman–Crippen MR) is 80.1 cm³/mol. The number of carbonyl (C=O) groups is 1. The Morgan fingerprint density at radius 1 is 1.45 bits per heavy atom. The largest absolute Gasteiger partial charge is 0.496 e. The van der Waals surface area contributed by atoms with E-state index in [1.54, 1.807) is 7.11 Å². The summed E-state index contributed by atoms with van der Waals surface area (Å²) in [4.78, 5) is 13.9. The number of likely N-dealkylation sites (tertiary alicyclic amines) is 1. The van der Waals surface area contributed by atoms with Crippen LogP contribution in [0.5, 0.6) is 5.75 Å². The third-order valence-electron chi connectivity index (χ3n) is 3.88. The predicted octanol–water partition coefficient (Wildman–Crippen LogP) is 2.01. The fourth-order valence-electron chi connectivity index (χ4n) is 2.84. The summed E-state index contributed by atoms with van der Waals surface area (Å²) >= 11 is 0. The lowest BCUT2D eigenvalue weighted by Crippen LogP contribution is -2.29. The van der Waals surface area contributed by atoms with Crippen molar-refractivity contribution in [2.75, 3.05) is 33.3 Å². The first-order chi connectivity index (χ1) is 9.74. The van der Waals surface area contributed by atoms with Crippen molar-refractivity contribution < 1.29 is 9.53 Å². The van der Waals surface area contributed by atoms with Gasteiger partial charge in [-0.05, 0) is 31.5 Å². The van der Waals surface area contributed by atoms with Crippen molar-refractivity contribution in [2.24, 2.45) is 0 Å². The van der Waals surface area contributed by atoms with Gasteiger partial charge >= 0.3 is 0 Å². The van der Waals surface area contributed by atoms with Crippen LogP contribution in [0.1, 0.15) is 31.2 Å². The van der Waals surface area contributed by atoms with Gasteiger partial charge in [-0.15, -0.1) is 0 Å². The Bertz CT molecular complexity index is 448. The molecule has 0 aromatic heterocycles. The molecule has 0 saturated carbocycles. The van der Waals surface area contributed by atoms with Gasteiger partial charge in [-0.2, -0.15) is 0 Å². The lowest BCUT2D eigenvalue weighted by atomic mass is 9.97. The molecule has 0 spiro atoms. The quantitative estimate of drug-likeness (QED) is 0.864. The standard InChI is InChI=1S/C16H24N2O2/c1-3-17-16(19)9-11-18-10-8-13(12-18)14-6-4-5-7-15(14)20-2/h4-7,13H,3,8-12H2,1-2H3,(H,17,19). The Labute approximate surface area is 121 Å². The summed E-state index contributed by atoms with van der Waals surface area (Å²) in [6.45, 7) is 5.58. The van der Waals surface area contributed by atoms with Crippen LogP contribution in [0.25, 0.3) is 0 Å². The Morgan fingerprint density at radius 2 is 2.25 bits per heavy atom. The number of methoxy groups -OCH3 is 1. The average Bonchev–Trinajstić information content (AvgIpc) is 2.94. The van der Waals surface area contributed by atoms with Crippen molar-refractivity contribution in [3.63, 3.8) is 0 Å². The van der Waals surface area contributed by atoms with Gasteiger partial charge in [0.2, 0.25) is 5.91 Å². The summed E-state index contributed by atoms with van der Waals surface area (Å²) in [6, 6.07) is 8.24. The van der Waals surface area contributed by atoms with Crippen LogP contribution in [0.2, 0.25) is 0 Å². The van der Waals surface area contributed by atoms with Crippen LogP contribution in [-0.4, -0.2) is 44.1 Å². The maximum atomic E-state index is 11.5. The molecule has 110 valence electrons. The van der Waals surface area contributed by atoms with E-state index in [4.69, 9.17) is 4.74 Å². The third-order valence-corrected chi connectivity index (χ3v) is 3.88. The maximum Gasteiger partial charge on any atom is 0.221 e. The molecule has 4 nitrogen and oxygen atoms in total. The smallest absolute Gasteiger partial charge is 0.221 e. The minimum atomic E-state index is 0.147. The Kier molecular flexibility index (Phi) is 5.41. The molecule has 1 aliphatic rings. The summed E-state index contributed by atoms with van der Waals surface area (Å²) in [7, 11) is 1.72. The first-order valence-electron chi connectivity index (χ1n) is 7.36. The second-order valence-corrected chi connectivity index (χ2v) is 5.23. The lowest BCUT2D eigenvalue weighted by Gasteiger charge is -2.17. The maximum absolute atomic E-state index is 11.5. The number of nitrogens with one attached hydrogen (secondary N) is 1. The number of para-hydroxylation sites is 1. The van der Waals surface area contributed by atoms with Crippen LogP contribution in [-0.2, 0) is 4.79 Å². The fraction of sp³-hybridized carbons (Fsp3) is 0.562. The van der Waals surface area contributed by atoms with Gasteiger partial charge in [0.25, 0.3) is 0 Å². The van der Waals surface area contributed by atoms with Crippen molar-refractivity contribution >= 4 is 5.91 Å². The minimum absolute atomic E-state index is 0.147. The molecule has 4 heteroatoms. The number of hydrogen-bond donors (Lipinski definition) is 1. The molecule has 1 amide bonds. The molecule has 0 radical (unpaired) electrons. The van der Waals surface area contributed by atoms with Crippen LogP contribution >= 0.6 is 0 Å². The van der Waals surface area contributed by atoms with Gasteiger partial charge in [-0.1, -0.05) is 18.2 Å². The monoisotopic (exact) mass is 276 g/mol. The minimum Gasteiger partial charge on any atom is -0.496 e. The van der Waals surface area contributed by atoms with E-state index in [-0.39, 0.29) is 5.91 Å². The molecule has 2 rings (SSSR count). The highest BCUT2D eigenvalue weighted by molar-refractivity contribution is 5.75. The molecule has 1 N–H and O–H groups in total. The number of hydrogen-bond acceptors (Lipinski definition) is 3. The topological polar surface area (TPSA) is 41.6 Å². The van der Waals surface area contributed by atoms with Crippen molar-refractivity contribution in [1.82, 2.24) is 10.2 Å². The molecule has 0 bridgehead atoms. The van der Waals surface area contributed by atoms with Crippen molar-refractivity contribution in [3.05, 3.63) is 29.8 Å². The molecule has 1 heterocycles. The number of carbonyl (C=O) groups excluding carboxylic acids is 1. The number of nitrogens with zero attached hydrogens (tertiary/aromatic N) is 1. The fourth-order valence-corrected chi connectivity index (χ4v) is 2.84. The van der Waals surface area contributed by atoms with E-state index in [1.807, 2.05) is 19.1 Å². The van der Waals surface area contributed by atoms with Gasteiger partial charge in [0, 0.05) is 32.0 Å². The molecule has 1 saturated heterocycles. The molecular formula is C16H24N2O2. The molecular weight excluding hydrogens is 252 g/mol. The van der Waals surface area contributed by atoms with E-state index in [0.29, 0.717) is 18.9 Å². The third kappa shape index (κ3) is 3.73. The highest BCUT2D eigenvalue weighted by Crippen LogP contribution is 2.33. The Morgan fingerprint density at radius 3 is 3.00 bits per heavy atom. The normalized spacial score (nSPS) is 19.0. The average molecular weight is 276 g/mol. The van der Waals surface area contributed by atoms with Gasteiger partial charge in [0.15, 0.2) is 0 Å². The van der Waals surface area contributed by atoms with Gasteiger partial charge in [-0.3, -0.25) is 4.79 Å². The second-order valence-electron chi connectivity index (χ2n) is 5.23. The van der Waals surface area contributed by atoms with Crippen molar-refractivity contribution in [2.45, 2.75) is 25.7 Å². The zero-order chi connectivity index (χ0) is 14.4. The summed E-state index contributed by atoms with van der Waals surface area (Å²) in [5, 5.41) is 2.85. The molecule has 1 aromatic carbocycles. The number of ether oxygens (including phenoxy) is 1. The van der Waals surface area contributed by atoms with E-state index in [9.17, 15) is 4.79 Å². The Hall–Kier alpha value is -1.55. The molecule has 1 aromatic rings. The number of amides is 1.